The van der Waals surface area contributed by atoms with Crippen molar-refractivity contribution in [3.8, 4) is 0 Å². The summed E-state index contributed by atoms with van der Waals surface area (Å²) in [7, 11) is 0. The molecule has 0 saturated carbocycles. The van der Waals surface area contributed by atoms with Gasteiger partial charge in [0.15, 0.2) is 10.2 Å². The van der Waals surface area contributed by atoms with E-state index in [4.69, 9.17) is 23.8 Å². The number of carbonyl (C=O) groups is 1. The summed E-state index contributed by atoms with van der Waals surface area (Å²) in [6, 6.07) is 11.3. The van der Waals surface area contributed by atoms with Gasteiger partial charge in [-0.1, -0.05) is 35.1 Å². The zero-order valence-corrected chi connectivity index (χ0v) is 14.6. The lowest BCUT2D eigenvalue weighted by molar-refractivity contribution is -0.119. The summed E-state index contributed by atoms with van der Waals surface area (Å²) in [5.74, 6) is -0.571. The first-order valence-electron chi connectivity index (χ1n) is 6.91. The first-order chi connectivity index (χ1) is 11.5. The molecule has 0 atom stereocenters. The predicted molar refractivity (Wildman–Crippen MR) is 99.1 cm³/mol. The van der Waals surface area contributed by atoms with Gasteiger partial charge < -0.3 is 10.6 Å². The third kappa shape index (κ3) is 4.25. The Hall–Kier alpha value is -2.09. The van der Waals surface area contributed by atoms with Crippen molar-refractivity contribution in [3.63, 3.8) is 0 Å². The van der Waals surface area contributed by atoms with E-state index in [1.165, 1.54) is 23.5 Å². The van der Waals surface area contributed by atoms with Crippen LogP contribution in [0.5, 0.6) is 0 Å². The highest BCUT2D eigenvalue weighted by molar-refractivity contribution is 7.80. The summed E-state index contributed by atoms with van der Waals surface area (Å²) in [4.78, 5) is 16.3. The van der Waals surface area contributed by atoms with Gasteiger partial charge in [0.2, 0.25) is 5.91 Å². The smallest absolute Gasteiger partial charge is 0.230 e. The number of thiocarbonyl (C=S) groups is 1. The molecule has 1 aromatic heterocycles. The quantitative estimate of drug-likeness (QED) is 0.671. The van der Waals surface area contributed by atoms with Gasteiger partial charge in [0.25, 0.3) is 0 Å². The minimum atomic E-state index is -0.323. The molecule has 122 valence electrons. The minimum absolute atomic E-state index is 0.147. The fourth-order valence-electron chi connectivity index (χ4n) is 2.04. The number of amides is 1. The highest BCUT2D eigenvalue weighted by Gasteiger charge is 2.09. The molecule has 1 heterocycles. The van der Waals surface area contributed by atoms with Gasteiger partial charge in [-0.05, 0) is 48.1 Å². The number of carbonyl (C=O) groups excluding carboxylic acids is 1. The Labute approximate surface area is 151 Å². The van der Waals surface area contributed by atoms with Crippen LogP contribution in [0, 0.1) is 5.82 Å². The first-order valence-corrected chi connectivity index (χ1v) is 8.51. The van der Waals surface area contributed by atoms with Crippen LogP contribution in [-0.4, -0.2) is 16.0 Å². The maximum absolute atomic E-state index is 13.2. The number of nitrogens with one attached hydrogen (secondary N) is 2. The molecule has 0 fully saturated rings. The summed E-state index contributed by atoms with van der Waals surface area (Å²) < 4.78 is 13.9. The van der Waals surface area contributed by atoms with Gasteiger partial charge in [-0.3, -0.25) is 4.79 Å². The molecule has 1 amide bonds. The third-order valence-electron chi connectivity index (χ3n) is 3.10. The molecule has 0 aliphatic carbocycles. The molecule has 8 heteroatoms. The van der Waals surface area contributed by atoms with Crippen LogP contribution in [0.1, 0.15) is 5.56 Å². The SMILES string of the molecule is O=C(Cc1ccc(Cl)cc1)NC(=S)Nc1nc2ccc(F)cc2s1. The molecule has 4 nitrogen and oxygen atoms in total. The Morgan fingerprint density at radius 1 is 1.25 bits per heavy atom. The van der Waals surface area contributed by atoms with E-state index >= 15 is 0 Å². The Morgan fingerprint density at radius 3 is 2.75 bits per heavy atom. The van der Waals surface area contributed by atoms with E-state index in [0.717, 1.165) is 5.56 Å². The number of hydrogen-bond donors (Lipinski definition) is 2. The fourth-order valence-corrected chi connectivity index (χ4v) is 3.34. The van der Waals surface area contributed by atoms with E-state index in [-0.39, 0.29) is 23.3 Å². The van der Waals surface area contributed by atoms with E-state index in [1.807, 2.05) is 0 Å². The van der Waals surface area contributed by atoms with E-state index in [2.05, 4.69) is 15.6 Å². The van der Waals surface area contributed by atoms with Crippen LogP contribution < -0.4 is 10.6 Å². The van der Waals surface area contributed by atoms with E-state index in [1.54, 1.807) is 30.3 Å². The third-order valence-corrected chi connectivity index (χ3v) is 4.49. The van der Waals surface area contributed by atoms with E-state index in [0.29, 0.717) is 20.4 Å². The zero-order chi connectivity index (χ0) is 17.1. The fraction of sp³-hybridized carbons (Fsp3) is 0.0625. The normalized spacial score (nSPS) is 10.6. The summed E-state index contributed by atoms with van der Waals surface area (Å²) in [6.07, 6.45) is 0.185. The Balaban J connectivity index is 1.59. The summed E-state index contributed by atoms with van der Waals surface area (Å²) >= 11 is 12.2. The first kappa shape index (κ1) is 16.8. The van der Waals surface area contributed by atoms with Crippen molar-refractivity contribution in [1.82, 2.24) is 10.3 Å². The van der Waals surface area contributed by atoms with Crippen molar-refractivity contribution >= 4 is 61.5 Å². The Bertz CT molecular complexity index is 911. The van der Waals surface area contributed by atoms with Crippen LogP contribution in [-0.2, 0) is 11.2 Å². The second kappa shape index (κ2) is 7.21. The molecule has 0 aliphatic heterocycles. The molecule has 0 aliphatic rings. The number of aromatic nitrogens is 1. The number of anilines is 1. The number of fused-ring (bicyclic) bond motifs is 1. The number of benzene rings is 2. The molecule has 0 spiro atoms. The van der Waals surface area contributed by atoms with E-state index in [9.17, 15) is 9.18 Å². The molecular formula is C16H11ClFN3OS2. The van der Waals surface area contributed by atoms with Gasteiger partial charge >= 0.3 is 0 Å². The predicted octanol–water partition coefficient (Wildman–Crippen LogP) is 4.14. The van der Waals surface area contributed by atoms with Crippen LogP contribution in [0.25, 0.3) is 10.2 Å². The van der Waals surface area contributed by atoms with Crippen LogP contribution in [0.15, 0.2) is 42.5 Å². The van der Waals surface area contributed by atoms with Crippen molar-refractivity contribution in [3.05, 3.63) is 58.9 Å². The summed E-state index contributed by atoms with van der Waals surface area (Å²) in [6.45, 7) is 0. The zero-order valence-electron chi connectivity index (χ0n) is 12.2. The Morgan fingerprint density at radius 2 is 2.00 bits per heavy atom. The molecule has 24 heavy (non-hydrogen) atoms. The van der Waals surface area contributed by atoms with Gasteiger partial charge in [-0.2, -0.15) is 0 Å². The molecule has 0 unspecified atom stereocenters. The largest absolute Gasteiger partial charge is 0.308 e. The maximum atomic E-state index is 13.2. The Kier molecular flexibility index (Phi) is 5.03. The van der Waals surface area contributed by atoms with Crippen molar-refractivity contribution in [2.24, 2.45) is 0 Å². The standard InChI is InChI=1S/C16H11ClFN3OS2/c17-10-3-1-9(2-4-10)7-14(22)20-15(23)21-16-19-12-6-5-11(18)8-13(12)24-16/h1-6,8H,7H2,(H2,19,20,21,22,23). The topological polar surface area (TPSA) is 54.0 Å². The number of hydrogen-bond acceptors (Lipinski definition) is 4. The monoisotopic (exact) mass is 379 g/mol. The average Bonchev–Trinajstić information content (AvgIpc) is 2.90. The summed E-state index contributed by atoms with van der Waals surface area (Å²) in [5, 5.41) is 6.68. The van der Waals surface area contributed by atoms with Crippen LogP contribution in [0.4, 0.5) is 9.52 Å². The molecule has 0 saturated heterocycles. The summed E-state index contributed by atoms with van der Waals surface area (Å²) in [5.41, 5.74) is 1.49. The molecule has 3 rings (SSSR count). The van der Waals surface area contributed by atoms with Gasteiger partial charge in [-0.15, -0.1) is 0 Å². The minimum Gasteiger partial charge on any atom is -0.308 e. The number of nitrogens with zero attached hydrogens (tertiary/aromatic N) is 1. The number of rotatable bonds is 3. The lowest BCUT2D eigenvalue weighted by atomic mass is 10.1. The van der Waals surface area contributed by atoms with Crippen molar-refractivity contribution in [1.29, 1.82) is 0 Å². The number of halogens is 2. The van der Waals surface area contributed by atoms with Crippen LogP contribution >= 0.6 is 35.2 Å². The maximum Gasteiger partial charge on any atom is 0.230 e. The van der Waals surface area contributed by atoms with E-state index < -0.39 is 0 Å². The second-order valence-corrected chi connectivity index (χ2v) is 6.81. The van der Waals surface area contributed by atoms with Gasteiger partial charge in [0.1, 0.15) is 5.82 Å². The lowest BCUT2D eigenvalue weighted by Crippen LogP contribution is -2.35. The molecule has 0 bridgehead atoms. The van der Waals surface area contributed by atoms with Gasteiger partial charge in [0.05, 0.1) is 16.6 Å². The molecule has 0 radical (unpaired) electrons. The lowest BCUT2D eigenvalue weighted by Gasteiger charge is -2.07. The van der Waals surface area contributed by atoms with Crippen molar-refractivity contribution in [2.75, 3.05) is 5.32 Å². The van der Waals surface area contributed by atoms with Crippen molar-refractivity contribution in [2.45, 2.75) is 6.42 Å². The molecule has 3 aromatic rings. The molecular weight excluding hydrogens is 369 g/mol. The van der Waals surface area contributed by atoms with Crippen LogP contribution in [0.2, 0.25) is 5.02 Å². The highest BCUT2D eigenvalue weighted by Crippen LogP contribution is 2.26. The van der Waals surface area contributed by atoms with Gasteiger partial charge in [0, 0.05) is 5.02 Å². The highest BCUT2D eigenvalue weighted by atomic mass is 35.5. The van der Waals surface area contributed by atoms with Crippen molar-refractivity contribution < 1.29 is 9.18 Å². The number of thiazole rings is 1. The average molecular weight is 380 g/mol. The molecule has 2 N–H and O–H groups in total. The molecule has 2 aromatic carbocycles. The van der Waals surface area contributed by atoms with Crippen LogP contribution in [0.3, 0.4) is 0 Å². The second-order valence-electron chi connectivity index (χ2n) is 4.94. The van der Waals surface area contributed by atoms with Gasteiger partial charge in [-0.25, -0.2) is 9.37 Å².